The predicted octanol–water partition coefficient (Wildman–Crippen LogP) is 1.94. The summed E-state index contributed by atoms with van der Waals surface area (Å²) >= 11 is 0. The van der Waals surface area contributed by atoms with Crippen LogP contribution in [0.2, 0.25) is 0 Å². The molecule has 0 aromatic carbocycles. The van der Waals surface area contributed by atoms with E-state index in [0.29, 0.717) is 18.9 Å². The normalized spacial score (nSPS) is 10.4. The molecule has 0 unspecified atom stereocenters. The van der Waals surface area contributed by atoms with E-state index in [2.05, 4.69) is 5.32 Å². The molecule has 72 valence electrons. The van der Waals surface area contributed by atoms with Crippen molar-refractivity contribution >= 4 is 5.91 Å². The van der Waals surface area contributed by atoms with Gasteiger partial charge >= 0.3 is 0 Å². The van der Waals surface area contributed by atoms with Gasteiger partial charge < -0.3 is 9.73 Å². The van der Waals surface area contributed by atoms with Crippen LogP contribution < -0.4 is 5.32 Å². The Kier molecular flexibility index (Phi) is 3.55. The molecule has 13 heavy (non-hydrogen) atoms. The molecule has 0 atom stereocenters. The number of carbonyl (C=O) groups is 1. The van der Waals surface area contributed by atoms with Gasteiger partial charge in [0, 0.05) is 18.5 Å². The van der Waals surface area contributed by atoms with Gasteiger partial charge in [-0.25, -0.2) is 0 Å². The highest BCUT2D eigenvalue weighted by atomic mass is 16.3. The van der Waals surface area contributed by atoms with Crippen molar-refractivity contribution in [3.05, 3.63) is 24.2 Å². The molecule has 3 nitrogen and oxygen atoms in total. The van der Waals surface area contributed by atoms with Gasteiger partial charge in [0.05, 0.1) is 12.5 Å². The molecule has 0 aliphatic carbocycles. The molecule has 1 N–H and O–H groups in total. The Morgan fingerprint density at radius 1 is 1.62 bits per heavy atom. The van der Waals surface area contributed by atoms with Gasteiger partial charge in [-0.2, -0.15) is 0 Å². The zero-order valence-electron chi connectivity index (χ0n) is 8.04. The average molecular weight is 181 g/mol. The van der Waals surface area contributed by atoms with E-state index >= 15 is 0 Å². The molecule has 1 rings (SSSR count). The average Bonchev–Trinajstić information content (AvgIpc) is 2.51. The SMILES string of the molecule is CC(C)CC(=O)NCc1ccoc1. The van der Waals surface area contributed by atoms with Crippen molar-refractivity contribution in [2.45, 2.75) is 26.8 Å². The Morgan fingerprint density at radius 2 is 2.38 bits per heavy atom. The fourth-order valence-electron chi connectivity index (χ4n) is 1.04. The fourth-order valence-corrected chi connectivity index (χ4v) is 1.04. The standard InChI is InChI=1S/C10H15NO2/c1-8(2)5-10(12)11-6-9-3-4-13-7-9/h3-4,7-8H,5-6H2,1-2H3,(H,11,12). The number of rotatable bonds is 4. The van der Waals surface area contributed by atoms with Crippen LogP contribution in [0, 0.1) is 5.92 Å². The topological polar surface area (TPSA) is 42.2 Å². The lowest BCUT2D eigenvalue weighted by Gasteiger charge is -2.05. The molecule has 0 fully saturated rings. The highest BCUT2D eigenvalue weighted by Gasteiger charge is 2.04. The van der Waals surface area contributed by atoms with E-state index in [1.807, 2.05) is 19.9 Å². The molecule has 1 aromatic rings. The smallest absolute Gasteiger partial charge is 0.220 e. The first-order chi connectivity index (χ1) is 6.18. The van der Waals surface area contributed by atoms with Crippen molar-refractivity contribution in [2.24, 2.45) is 5.92 Å². The third-order valence-corrected chi connectivity index (χ3v) is 1.66. The predicted molar refractivity (Wildman–Crippen MR) is 50.0 cm³/mol. The third kappa shape index (κ3) is 3.78. The molecular formula is C10H15NO2. The van der Waals surface area contributed by atoms with Crippen molar-refractivity contribution in [3.63, 3.8) is 0 Å². The van der Waals surface area contributed by atoms with Gasteiger partial charge in [-0.1, -0.05) is 13.8 Å². The Morgan fingerprint density at radius 3 is 2.92 bits per heavy atom. The van der Waals surface area contributed by atoms with E-state index in [1.165, 1.54) is 0 Å². The molecule has 0 saturated heterocycles. The summed E-state index contributed by atoms with van der Waals surface area (Å²) in [5, 5.41) is 2.82. The second kappa shape index (κ2) is 4.70. The van der Waals surface area contributed by atoms with E-state index in [0.717, 1.165) is 5.56 Å². The lowest BCUT2D eigenvalue weighted by molar-refractivity contribution is -0.121. The van der Waals surface area contributed by atoms with Crippen LogP contribution in [0.5, 0.6) is 0 Å². The summed E-state index contributed by atoms with van der Waals surface area (Å²) in [6.45, 7) is 4.61. The first-order valence-electron chi connectivity index (χ1n) is 4.46. The van der Waals surface area contributed by atoms with Crippen LogP contribution in [-0.4, -0.2) is 5.91 Å². The lowest BCUT2D eigenvalue weighted by Crippen LogP contribution is -2.23. The number of hydrogen-bond donors (Lipinski definition) is 1. The third-order valence-electron chi connectivity index (χ3n) is 1.66. The summed E-state index contributed by atoms with van der Waals surface area (Å²) in [6, 6.07) is 1.84. The Balaban J connectivity index is 2.23. The van der Waals surface area contributed by atoms with Crippen molar-refractivity contribution < 1.29 is 9.21 Å². The molecule has 1 heterocycles. The molecular weight excluding hydrogens is 166 g/mol. The van der Waals surface area contributed by atoms with Crippen LogP contribution in [0.3, 0.4) is 0 Å². The second-order valence-corrected chi connectivity index (χ2v) is 3.51. The van der Waals surface area contributed by atoms with Crippen molar-refractivity contribution in [2.75, 3.05) is 0 Å². The molecule has 0 saturated carbocycles. The largest absolute Gasteiger partial charge is 0.472 e. The van der Waals surface area contributed by atoms with Crippen LogP contribution in [0.1, 0.15) is 25.8 Å². The number of carbonyl (C=O) groups excluding carboxylic acids is 1. The summed E-state index contributed by atoms with van der Waals surface area (Å²) in [4.78, 5) is 11.2. The van der Waals surface area contributed by atoms with Gasteiger partial charge in [-0.15, -0.1) is 0 Å². The van der Waals surface area contributed by atoms with Crippen molar-refractivity contribution in [1.82, 2.24) is 5.32 Å². The summed E-state index contributed by atoms with van der Waals surface area (Å²) in [5.74, 6) is 0.501. The monoisotopic (exact) mass is 181 g/mol. The summed E-state index contributed by atoms with van der Waals surface area (Å²) in [7, 11) is 0. The minimum absolute atomic E-state index is 0.0937. The van der Waals surface area contributed by atoms with E-state index in [9.17, 15) is 4.79 Å². The number of nitrogens with one attached hydrogen (secondary N) is 1. The number of furan rings is 1. The molecule has 1 aromatic heterocycles. The van der Waals surface area contributed by atoms with Gasteiger partial charge in [-0.05, 0) is 12.0 Å². The van der Waals surface area contributed by atoms with Gasteiger partial charge in [0.25, 0.3) is 0 Å². The maximum atomic E-state index is 11.2. The summed E-state index contributed by atoms with van der Waals surface area (Å²) < 4.78 is 4.88. The van der Waals surface area contributed by atoms with Gasteiger partial charge in [0.2, 0.25) is 5.91 Å². The molecule has 0 aliphatic rings. The first-order valence-corrected chi connectivity index (χ1v) is 4.46. The van der Waals surface area contributed by atoms with Gasteiger partial charge in [0.15, 0.2) is 0 Å². The minimum atomic E-state index is 0.0937. The van der Waals surface area contributed by atoms with E-state index in [4.69, 9.17) is 4.42 Å². The summed E-state index contributed by atoms with van der Waals surface area (Å²) in [5.41, 5.74) is 0.997. The van der Waals surface area contributed by atoms with Gasteiger partial charge in [0.1, 0.15) is 0 Å². The van der Waals surface area contributed by atoms with Gasteiger partial charge in [-0.3, -0.25) is 4.79 Å². The lowest BCUT2D eigenvalue weighted by atomic mass is 10.1. The molecule has 0 bridgehead atoms. The first kappa shape index (κ1) is 9.84. The van der Waals surface area contributed by atoms with Crippen LogP contribution in [0.4, 0.5) is 0 Å². The number of hydrogen-bond acceptors (Lipinski definition) is 2. The Bertz CT molecular complexity index is 252. The molecule has 0 spiro atoms. The fraction of sp³-hybridized carbons (Fsp3) is 0.500. The summed E-state index contributed by atoms with van der Waals surface area (Å²) in [6.07, 6.45) is 3.82. The van der Waals surface area contributed by atoms with Crippen LogP contribution in [0.25, 0.3) is 0 Å². The Hall–Kier alpha value is -1.25. The maximum absolute atomic E-state index is 11.2. The van der Waals surface area contributed by atoms with E-state index in [1.54, 1.807) is 12.5 Å². The van der Waals surface area contributed by atoms with E-state index in [-0.39, 0.29) is 5.91 Å². The highest BCUT2D eigenvalue weighted by Crippen LogP contribution is 2.01. The van der Waals surface area contributed by atoms with Crippen molar-refractivity contribution in [1.29, 1.82) is 0 Å². The second-order valence-electron chi connectivity index (χ2n) is 3.51. The molecule has 0 radical (unpaired) electrons. The van der Waals surface area contributed by atoms with Crippen LogP contribution >= 0.6 is 0 Å². The molecule has 1 amide bonds. The van der Waals surface area contributed by atoms with E-state index < -0.39 is 0 Å². The van der Waals surface area contributed by atoms with Crippen LogP contribution in [0.15, 0.2) is 23.0 Å². The maximum Gasteiger partial charge on any atom is 0.220 e. The molecule has 0 aliphatic heterocycles. The quantitative estimate of drug-likeness (QED) is 0.771. The highest BCUT2D eigenvalue weighted by molar-refractivity contribution is 5.75. The minimum Gasteiger partial charge on any atom is -0.472 e. The number of amides is 1. The van der Waals surface area contributed by atoms with Crippen molar-refractivity contribution in [3.8, 4) is 0 Å². The zero-order valence-corrected chi connectivity index (χ0v) is 8.04. The zero-order chi connectivity index (χ0) is 9.68. The molecule has 3 heteroatoms. The Labute approximate surface area is 78.1 Å². The van der Waals surface area contributed by atoms with Crippen LogP contribution in [-0.2, 0) is 11.3 Å².